The first-order valence-electron chi connectivity index (χ1n) is 8.83. The Labute approximate surface area is 167 Å². The predicted octanol–water partition coefficient (Wildman–Crippen LogP) is 3.05. The van der Waals surface area contributed by atoms with Crippen molar-refractivity contribution in [3.8, 4) is 0 Å². The largest absolute Gasteiger partial charge is 0.457 e. The number of aryl methyl sites for hydroxylation is 4. The number of ketones is 1. The van der Waals surface area contributed by atoms with Crippen molar-refractivity contribution in [2.24, 2.45) is 0 Å². The second-order valence-corrected chi connectivity index (χ2v) is 7.42. The summed E-state index contributed by atoms with van der Waals surface area (Å²) >= 11 is 1.43. The summed E-state index contributed by atoms with van der Waals surface area (Å²) in [4.78, 5) is 33.5. The molecule has 0 saturated heterocycles. The number of aromatic nitrogens is 4. The van der Waals surface area contributed by atoms with Gasteiger partial charge in [0.05, 0.1) is 6.42 Å². The monoisotopic (exact) mass is 398 g/mol. The van der Waals surface area contributed by atoms with Gasteiger partial charge in [0.1, 0.15) is 0 Å². The Bertz CT molecular complexity index is 1070. The molecule has 0 aliphatic heterocycles. The number of hydrogen-bond acceptors (Lipinski definition) is 7. The molecule has 3 aromatic rings. The average Bonchev–Trinajstić information content (AvgIpc) is 3.08. The van der Waals surface area contributed by atoms with Crippen LogP contribution in [0, 0.1) is 27.7 Å². The minimum Gasteiger partial charge on any atom is -0.457 e. The smallest absolute Gasteiger partial charge is 0.310 e. The number of esters is 1. The van der Waals surface area contributed by atoms with E-state index in [0.717, 1.165) is 22.4 Å². The van der Waals surface area contributed by atoms with Crippen molar-refractivity contribution in [3.63, 3.8) is 0 Å². The van der Waals surface area contributed by atoms with Gasteiger partial charge in [-0.15, -0.1) is 5.10 Å². The van der Waals surface area contributed by atoms with Crippen LogP contribution >= 0.6 is 11.8 Å². The number of ether oxygens (including phenoxy) is 1. The highest BCUT2D eigenvalue weighted by molar-refractivity contribution is 7.98. The van der Waals surface area contributed by atoms with Crippen LogP contribution in [0.3, 0.4) is 0 Å². The van der Waals surface area contributed by atoms with Crippen LogP contribution in [0.1, 0.15) is 38.4 Å². The van der Waals surface area contributed by atoms with Crippen LogP contribution < -0.4 is 0 Å². The van der Waals surface area contributed by atoms with Crippen LogP contribution in [0.2, 0.25) is 0 Å². The summed E-state index contributed by atoms with van der Waals surface area (Å²) in [5.41, 5.74) is 4.65. The van der Waals surface area contributed by atoms with Gasteiger partial charge in [-0.3, -0.25) is 9.59 Å². The molecule has 0 aliphatic rings. The summed E-state index contributed by atoms with van der Waals surface area (Å²) in [7, 11) is 0. The van der Waals surface area contributed by atoms with E-state index in [2.05, 4.69) is 15.1 Å². The van der Waals surface area contributed by atoms with Crippen LogP contribution in [0.4, 0.5) is 0 Å². The molecule has 0 spiro atoms. The van der Waals surface area contributed by atoms with E-state index in [1.807, 2.05) is 52.1 Å². The number of thioether (sulfide) groups is 1. The average molecular weight is 398 g/mol. The Kier molecular flexibility index (Phi) is 5.79. The quantitative estimate of drug-likeness (QED) is 0.358. The predicted molar refractivity (Wildman–Crippen MR) is 107 cm³/mol. The second-order valence-electron chi connectivity index (χ2n) is 6.65. The first kappa shape index (κ1) is 20.0. The molecule has 3 rings (SSSR count). The zero-order valence-corrected chi connectivity index (χ0v) is 17.4. The number of carbonyl (C=O) groups excluding carboxylic acids is 2. The molecule has 0 unspecified atom stereocenters. The molecule has 1 aromatic carbocycles. The summed E-state index contributed by atoms with van der Waals surface area (Å²) < 4.78 is 6.87. The topological polar surface area (TPSA) is 86.5 Å². The molecule has 28 heavy (non-hydrogen) atoms. The maximum atomic E-state index is 12.4. The summed E-state index contributed by atoms with van der Waals surface area (Å²) in [6, 6.07) is 5.64. The van der Waals surface area contributed by atoms with Gasteiger partial charge in [-0.1, -0.05) is 29.5 Å². The van der Waals surface area contributed by atoms with E-state index in [-0.39, 0.29) is 18.8 Å². The van der Waals surface area contributed by atoms with Crippen LogP contribution in [0.5, 0.6) is 0 Å². The maximum absolute atomic E-state index is 12.4. The SMILES string of the molecule is CSc1nc2nc(C)c(CC(=O)OCC(=O)c3cc(C)ccc3C)c(C)n2n1. The highest BCUT2D eigenvalue weighted by Crippen LogP contribution is 2.18. The van der Waals surface area contributed by atoms with Crippen LogP contribution in [0.15, 0.2) is 23.4 Å². The lowest BCUT2D eigenvalue weighted by Gasteiger charge is -2.11. The number of nitrogens with zero attached hydrogens (tertiary/aromatic N) is 4. The molecule has 0 bridgehead atoms. The molecule has 146 valence electrons. The number of hydrogen-bond donors (Lipinski definition) is 0. The molecule has 0 aliphatic carbocycles. The lowest BCUT2D eigenvalue weighted by atomic mass is 10.0. The maximum Gasteiger partial charge on any atom is 0.310 e. The normalized spacial score (nSPS) is 11.0. The summed E-state index contributed by atoms with van der Waals surface area (Å²) in [5.74, 6) is -0.185. The minimum atomic E-state index is -0.476. The van der Waals surface area contributed by atoms with Gasteiger partial charge in [-0.25, -0.2) is 9.50 Å². The molecule has 7 nitrogen and oxygen atoms in total. The third-order valence-electron chi connectivity index (χ3n) is 4.59. The highest BCUT2D eigenvalue weighted by Gasteiger charge is 2.18. The molecule has 0 atom stereocenters. The van der Waals surface area contributed by atoms with Gasteiger partial charge in [-0.05, 0) is 45.6 Å². The lowest BCUT2D eigenvalue weighted by Crippen LogP contribution is -2.18. The Morgan fingerprint density at radius 2 is 1.89 bits per heavy atom. The molecule has 0 saturated carbocycles. The van der Waals surface area contributed by atoms with Crippen molar-refractivity contribution in [3.05, 3.63) is 51.8 Å². The van der Waals surface area contributed by atoms with E-state index < -0.39 is 5.97 Å². The number of fused-ring (bicyclic) bond motifs is 1. The molecule has 0 amide bonds. The molecule has 2 heterocycles. The van der Waals surface area contributed by atoms with E-state index in [1.165, 1.54) is 11.8 Å². The van der Waals surface area contributed by atoms with E-state index >= 15 is 0 Å². The van der Waals surface area contributed by atoms with E-state index in [0.29, 0.717) is 22.2 Å². The Balaban J connectivity index is 1.73. The van der Waals surface area contributed by atoms with Gasteiger partial charge in [-0.2, -0.15) is 4.98 Å². The Morgan fingerprint density at radius 1 is 1.14 bits per heavy atom. The number of Topliss-reactive ketones (excluding diaryl/α,β-unsaturated/α-hetero) is 1. The minimum absolute atomic E-state index is 0.0230. The highest BCUT2D eigenvalue weighted by atomic mass is 32.2. The van der Waals surface area contributed by atoms with Gasteiger partial charge in [0, 0.05) is 22.5 Å². The van der Waals surface area contributed by atoms with Crippen LogP contribution in [-0.4, -0.2) is 44.2 Å². The molecular formula is C20H22N4O3S. The molecule has 0 radical (unpaired) electrons. The van der Waals surface area contributed by atoms with Crippen molar-refractivity contribution in [1.29, 1.82) is 0 Å². The zero-order chi connectivity index (χ0) is 20.4. The van der Waals surface area contributed by atoms with Crippen molar-refractivity contribution in [2.45, 2.75) is 39.3 Å². The molecule has 8 heteroatoms. The van der Waals surface area contributed by atoms with Crippen molar-refractivity contribution < 1.29 is 14.3 Å². The van der Waals surface area contributed by atoms with Gasteiger partial charge in [0.15, 0.2) is 6.61 Å². The molecular weight excluding hydrogens is 376 g/mol. The first-order chi connectivity index (χ1) is 13.3. The first-order valence-corrected chi connectivity index (χ1v) is 10.1. The summed E-state index contributed by atoms with van der Waals surface area (Å²) in [6.45, 7) is 7.19. The van der Waals surface area contributed by atoms with Crippen molar-refractivity contribution >= 4 is 29.3 Å². The van der Waals surface area contributed by atoms with Gasteiger partial charge in [0.2, 0.25) is 10.9 Å². The molecule has 0 N–H and O–H groups in total. The van der Waals surface area contributed by atoms with Crippen LogP contribution in [0.25, 0.3) is 5.78 Å². The fourth-order valence-corrected chi connectivity index (χ4v) is 3.32. The van der Waals surface area contributed by atoms with Gasteiger partial charge >= 0.3 is 5.97 Å². The van der Waals surface area contributed by atoms with E-state index in [4.69, 9.17) is 4.74 Å². The molecule has 0 fully saturated rings. The Hall–Kier alpha value is -2.74. The number of benzene rings is 1. The summed E-state index contributed by atoms with van der Waals surface area (Å²) in [5, 5.41) is 4.99. The van der Waals surface area contributed by atoms with Crippen molar-refractivity contribution in [1.82, 2.24) is 19.6 Å². The standard InChI is InChI=1S/C20H22N4O3S/c1-11-6-7-12(2)15(8-11)17(25)10-27-18(26)9-16-13(3)21-19-22-20(28-5)23-24(19)14(16)4/h6-8H,9-10H2,1-5H3. The zero-order valence-electron chi connectivity index (χ0n) is 16.6. The van der Waals surface area contributed by atoms with Crippen molar-refractivity contribution in [2.75, 3.05) is 12.9 Å². The third kappa shape index (κ3) is 4.06. The second kappa shape index (κ2) is 8.10. The number of rotatable bonds is 6. The van der Waals surface area contributed by atoms with E-state index in [1.54, 1.807) is 4.52 Å². The fraction of sp³-hybridized carbons (Fsp3) is 0.350. The summed E-state index contributed by atoms with van der Waals surface area (Å²) in [6.07, 6.45) is 1.91. The van der Waals surface area contributed by atoms with E-state index in [9.17, 15) is 9.59 Å². The lowest BCUT2D eigenvalue weighted by molar-refractivity contribution is -0.141. The fourth-order valence-electron chi connectivity index (χ4n) is 2.99. The Morgan fingerprint density at radius 3 is 2.61 bits per heavy atom. The molecule has 2 aromatic heterocycles. The van der Waals surface area contributed by atoms with Gasteiger partial charge < -0.3 is 4.74 Å². The third-order valence-corrected chi connectivity index (χ3v) is 5.13. The number of carbonyl (C=O) groups is 2. The van der Waals surface area contributed by atoms with Crippen LogP contribution in [-0.2, 0) is 16.0 Å². The van der Waals surface area contributed by atoms with Gasteiger partial charge in [0.25, 0.3) is 5.78 Å².